The molecule has 0 spiro atoms. The average Bonchev–Trinajstić information content (AvgIpc) is 2.54. The molecule has 2 aromatic carbocycles. The smallest absolute Gasteiger partial charge is 0.261 e. The first-order valence-corrected chi connectivity index (χ1v) is 8.52. The van der Waals surface area contributed by atoms with E-state index in [-0.39, 0.29) is 4.90 Å². The minimum Gasteiger partial charge on any atom is -0.289 e. The van der Waals surface area contributed by atoms with Crippen LogP contribution < -0.4 is 10.2 Å². The molecule has 0 radical (unpaired) electrons. The molecule has 0 aliphatic rings. The molecule has 0 unspecified atom stereocenters. The van der Waals surface area contributed by atoms with Crippen molar-refractivity contribution in [3.63, 3.8) is 0 Å². The zero-order valence-electron chi connectivity index (χ0n) is 12.2. The number of halogens is 1. The van der Waals surface area contributed by atoms with Gasteiger partial charge in [-0.25, -0.2) is 13.9 Å². The first kappa shape index (κ1) is 17.4. The summed E-state index contributed by atoms with van der Waals surface area (Å²) in [6, 6.07) is 12.3. The van der Waals surface area contributed by atoms with Crippen molar-refractivity contribution in [1.29, 1.82) is 0 Å². The summed E-state index contributed by atoms with van der Waals surface area (Å²) >= 11 is 5.83. The van der Waals surface area contributed by atoms with E-state index in [0.29, 0.717) is 5.02 Å². The lowest BCUT2D eigenvalue weighted by Crippen LogP contribution is -2.43. The number of amides is 1. The third kappa shape index (κ3) is 4.29. The molecular formula is C15H15ClN2O4S. The molecular weight excluding hydrogens is 340 g/mol. The van der Waals surface area contributed by atoms with Crippen LogP contribution in [0.1, 0.15) is 6.92 Å². The first-order chi connectivity index (χ1) is 10.8. The molecule has 23 heavy (non-hydrogen) atoms. The molecule has 0 saturated carbocycles. The Kier molecular flexibility index (Phi) is 5.38. The molecule has 0 saturated heterocycles. The van der Waals surface area contributed by atoms with Crippen LogP contribution >= 0.6 is 11.6 Å². The Morgan fingerprint density at radius 2 is 1.52 bits per heavy atom. The first-order valence-electron chi connectivity index (χ1n) is 6.66. The maximum Gasteiger partial charge on any atom is 0.261 e. The molecule has 0 bridgehead atoms. The molecule has 122 valence electrons. The van der Waals surface area contributed by atoms with Crippen LogP contribution in [0.25, 0.3) is 11.1 Å². The number of rotatable bonds is 5. The number of nitrogens with one attached hydrogen (secondary N) is 2. The highest BCUT2D eigenvalue weighted by Crippen LogP contribution is 2.23. The Labute approximate surface area is 139 Å². The highest BCUT2D eigenvalue weighted by molar-refractivity contribution is 7.89. The summed E-state index contributed by atoms with van der Waals surface area (Å²) in [6.45, 7) is 1.32. The van der Waals surface area contributed by atoms with Gasteiger partial charge in [0.2, 0.25) is 10.0 Å². The minimum absolute atomic E-state index is 0.0211. The van der Waals surface area contributed by atoms with E-state index in [1.807, 2.05) is 12.1 Å². The summed E-state index contributed by atoms with van der Waals surface area (Å²) in [6.07, 6.45) is 0. The van der Waals surface area contributed by atoms with Crippen molar-refractivity contribution in [3.8, 4) is 11.1 Å². The fourth-order valence-corrected chi connectivity index (χ4v) is 3.25. The van der Waals surface area contributed by atoms with Crippen LogP contribution in [0.3, 0.4) is 0 Å². The van der Waals surface area contributed by atoms with E-state index in [2.05, 4.69) is 4.72 Å². The van der Waals surface area contributed by atoms with E-state index in [1.54, 1.807) is 24.3 Å². The number of hydroxylamine groups is 1. The Morgan fingerprint density at radius 1 is 1.04 bits per heavy atom. The summed E-state index contributed by atoms with van der Waals surface area (Å²) in [5.41, 5.74) is 3.13. The van der Waals surface area contributed by atoms with Crippen LogP contribution in [0.2, 0.25) is 5.02 Å². The van der Waals surface area contributed by atoms with Crippen molar-refractivity contribution in [1.82, 2.24) is 10.2 Å². The lowest BCUT2D eigenvalue weighted by molar-refractivity contribution is -0.130. The van der Waals surface area contributed by atoms with Crippen molar-refractivity contribution >= 4 is 27.5 Å². The summed E-state index contributed by atoms with van der Waals surface area (Å²) in [5, 5.41) is 9.13. The molecule has 0 aliphatic carbocycles. The van der Waals surface area contributed by atoms with Crippen LogP contribution in [-0.2, 0) is 14.8 Å². The third-order valence-corrected chi connectivity index (χ3v) is 4.99. The van der Waals surface area contributed by atoms with Gasteiger partial charge in [0.05, 0.1) is 4.90 Å². The van der Waals surface area contributed by atoms with Gasteiger partial charge in [-0.1, -0.05) is 35.9 Å². The van der Waals surface area contributed by atoms with Gasteiger partial charge in [-0.05, 0) is 42.3 Å². The second-order valence-electron chi connectivity index (χ2n) is 4.85. The van der Waals surface area contributed by atoms with Gasteiger partial charge in [-0.2, -0.15) is 4.72 Å². The van der Waals surface area contributed by atoms with Crippen LogP contribution in [-0.4, -0.2) is 25.6 Å². The van der Waals surface area contributed by atoms with E-state index in [0.717, 1.165) is 11.1 Å². The van der Waals surface area contributed by atoms with Crippen LogP contribution in [0.15, 0.2) is 53.4 Å². The van der Waals surface area contributed by atoms with Gasteiger partial charge in [0, 0.05) is 5.02 Å². The number of hydrogen-bond donors (Lipinski definition) is 3. The normalized spacial score (nSPS) is 12.7. The Hall–Kier alpha value is -1.93. The van der Waals surface area contributed by atoms with Crippen molar-refractivity contribution in [2.45, 2.75) is 17.9 Å². The lowest BCUT2D eigenvalue weighted by atomic mass is 10.1. The van der Waals surface area contributed by atoms with Gasteiger partial charge < -0.3 is 0 Å². The van der Waals surface area contributed by atoms with Gasteiger partial charge >= 0.3 is 0 Å². The molecule has 0 aromatic heterocycles. The zero-order valence-corrected chi connectivity index (χ0v) is 13.7. The molecule has 8 heteroatoms. The minimum atomic E-state index is -3.86. The third-order valence-electron chi connectivity index (χ3n) is 3.18. The summed E-state index contributed by atoms with van der Waals surface area (Å²) < 4.78 is 26.5. The molecule has 0 aliphatic heterocycles. The number of benzene rings is 2. The molecule has 1 amide bonds. The van der Waals surface area contributed by atoms with Gasteiger partial charge in [0.15, 0.2) is 0 Å². The predicted molar refractivity (Wildman–Crippen MR) is 86.6 cm³/mol. The van der Waals surface area contributed by atoms with E-state index in [4.69, 9.17) is 16.8 Å². The Balaban J connectivity index is 2.21. The van der Waals surface area contributed by atoms with Crippen molar-refractivity contribution in [2.75, 3.05) is 0 Å². The van der Waals surface area contributed by atoms with Crippen molar-refractivity contribution in [3.05, 3.63) is 53.6 Å². The van der Waals surface area contributed by atoms with E-state index >= 15 is 0 Å². The van der Waals surface area contributed by atoms with Crippen LogP contribution in [0.4, 0.5) is 0 Å². The molecule has 3 N–H and O–H groups in total. The summed E-state index contributed by atoms with van der Waals surface area (Å²) in [5.74, 6) is -0.841. The van der Waals surface area contributed by atoms with Crippen molar-refractivity contribution < 1.29 is 18.4 Å². The Bertz CT molecular complexity index is 789. The average molecular weight is 355 g/mol. The zero-order chi connectivity index (χ0) is 17.0. The number of hydrogen-bond acceptors (Lipinski definition) is 4. The molecule has 2 rings (SSSR count). The Morgan fingerprint density at radius 3 is 2.00 bits per heavy atom. The highest BCUT2D eigenvalue weighted by atomic mass is 35.5. The number of sulfonamides is 1. The SMILES string of the molecule is C[C@@H](NS(=O)(=O)c1ccc(-c2ccc(Cl)cc2)cc1)C(=O)NO. The monoisotopic (exact) mass is 354 g/mol. The number of carbonyl (C=O) groups excluding carboxylic acids is 1. The predicted octanol–water partition coefficient (Wildman–Crippen LogP) is 2.18. The second-order valence-corrected chi connectivity index (χ2v) is 7.00. The quantitative estimate of drug-likeness (QED) is 0.566. The van der Waals surface area contributed by atoms with Gasteiger partial charge in [-0.3, -0.25) is 10.0 Å². The second kappa shape index (κ2) is 7.10. The van der Waals surface area contributed by atoms with Gasteiger partial charge in [0.25, 0.3) is 5.91 Å². The maximum atomic E-state index is 12.2. The standard InChI is InChI=1S/C15H15ClN2O4S/c1-10(15(19)17-20)18-23(21,22)14-8-4-12(5-9-14)11-2-6-13(16)7-3-11/h2-10,18,20H,1H3,(H,17,19)/t10-/m1/s1. The molecule has 0 heterocycles. The van der Waals surface area contributed by atoms with Crippen LogP contribution in [0, 0.1) is 0 Å². The largest absolute Gasteiger partial charge is 0.289 e. The lowest BCUT2D eigenvalue weighted by Gasteiger charge is -2.12. The topological polar surface area (TPSA) is 95.5 Å². The molecule has 0 fully saturated rings. The highest BCUT2D eigenvalue weighted by Gasteiger charge is 2.21. The van der Waals surface area contributed by atoms with E-state index in [1.165, 1.54) is 24.5 Å². The van der Waals surface area contributed by atoms with Crippen molar-refractivity contribution in [2.24, 2.45) is 0 Å². The fraction of sp³-hybridized carbons (Fsp3) is 0.133. The number of carbonyl (C=O) groups is 1. The molecule has 2 aromatic rings. The summed E-state index contributed by atoms with van der Waals surface area (Å²) in [7, 11) is -3.86. The van der Waals surface area contributed by atoms with Gasteiger partial charge in [-0.15, -0.1) is 0 Å². The molecule has 1 atom stereocenters. The van der Waals surface area contributed by atoms with Crippen LogP contribution in [0.5, 0.6) is 0 Å². The molecule has 6 nitrogen and oxygen atoms in total. The summed E-state index contributed by atoms with van der Waals surface area (Å²) in [4.78, 5) is 11.2. The van der Waals surface area contributed by atoms with E-state index in [9.17, 15) is 13.2 Å². The van der Waals surface area contributed by atoms with Gasteiger partial charge in [0.1, 0.15) is 6.04 Å². The fourth-order valence-electron chi connectivity index (χ4n) is 1.92. The maximum absolute atomic E-state index is 12.2. The van der Waals surface area contributed by atoms with E-state index < -0.39 is 22.0 Å².